The van der Waals surface area contributed by atoms with E-state index in [0.29, 0.717) is 16.6 Å². The second-order valence-corrected chi connectivity index (χ2v) is 5.85. The fraction of sp³-hybridized carbons (Fsp3) is 0. The zero-order chi connectivity index (χ0) is 19.8. The van der Waals surface area contributed by atoms with Crippen molar-refractivity contribution in [2.75, 3.05) is 5.32 Å². The Balaban J connectivity index is 1.69. The zero-order valence-corrected chi connectivity index (χ0v) is 14.0. The van der Waals surface area contributed by atoms with Gasteiger partial charge in [0.25, 0.3) is 0 Å². The summed E-state index contributed by atoms with van der Waals surface area (Å²) < 4.78 is 31.8. The summed E-state index contributed by atoms with van der Waals surface area (Å²) >= 11 is 0. The number of H-pyrrole nitrogens is 1. The average Bonchev–Trinajstić information content (AvgIpc) is 3.20. The summed E-state index contributed by atoms with van der Waals surface area (Å²) in [5.74, 6) is -5.17. The molecule has 7 nitrogen and oxygen atoms in total. The molecule has 3 N–H and O–H groups in total. The second-order valence-electron chi connectivity index (χ2n) is 5.85. The number of nitrogens with zero attached hydrogens (tertiary/aromatic N) is 1. The number of nitrogens with one attached hydrogen (secondary N) is 2. The minimum atomic E-state index is -1.51. The third-order valence-electron chi connectivity index (χ3n) is 4.05. The lowest BCUT2D eigenvalue weighted by atomic mass is 10.1. The Morgan fingerprint density at radius 3 is 2.82 bits per heavy atom. The Morgan fingerprint density at radius 2 is 2.07 bits per heavy atom. The summed E-state index contributed by atoms with van der Waals surface area (Å²) in [7, 11) is 0. The number of anilines is 1. The predicted molar refractivity (Wildman–Crippen MR) is 94.8 cm³/mol. The number of pyridine rings is 1. The van der Waals surface area contributed by atoms with Gasteiger partial charge in [0.2, 0.25) is 11.7 Å². The van der Waals surface area contributed by atoms with Crippen molar-refractivity contribution < 1.29 is 28.2 Å². The highest BCUT2D eigenvalue weighted by Crippen LogP contribution is 2.30. The normalized spacial score (nSPS) is 15.4. The molecular weight excluding hydrogens is 372 g/mol. The molecule has 0 bridgehead atoms. The number of carboxylic acids is 1. The van der Waals surface area contributed by atoms with Crippen molar-refractivity contribution in [3.05, 3.63) is 77.1 Å². The van der Waals surface area contributed by atoms with Crippen molar-refractivity contribution in [3.8, 4) is 0 Å². The van der Waals surface area contributed by atoms with Gasteiger partial charge in [-0.2, -0.15) is 0 Å². The van der Waals surface area contributed by atoms with Crippen LogP contribution >= 0.6 is 0 Å². The van der Waals surface area contributed by atoms with E-state index in [-0.39, 0.29) is 17.3 Å². The maximum absolute atomic E-state index is 13.4. The molecule has 1 aliphatic heterocycles. The van der Waals surface area contributed by atoms with Crippen LogP contribution in [0.4, 0.5) is 14.5 Å². The number of Topliss-reactive ketones (excluding diaryl/α,β-unsaturated/α-hetero) is 1. The van der Waals surface area contributed by atoms with E-state index >= 15 is 0 Å². The van der Waals surface area contributed by atoms with Gasteiger partial charge in [-0.3, -0.25) is 4.79 Å². The molecular formula is C19H11F2N3O4. The van der Waals surface area contributed by atoms with E-state index in [1.165, 1.54) is 12.1 Å². The number of aromatic amines is 1. The highest BCUT2D eigenvalue weighted by Gasteiger charge is 2.36. The standard InChI is InChI=1S/C19H11F2N3O4/c20-12-4-3-10(7-13(12)21)24-18-15(19(26)27)16(25)14(28-18)6-9-8-23-17-11(9)2-1-5-22-17/h1-8,24H,(H,22,23)(H,26,27)/b14-6-. The number of benzene rings is 1. The molecule has 3 heterocycles. The first-order valence-corrected chi connectivity index (χ1v) is 8.00. The summed E-state index contributed by atoms with van der Waals surface area (Å²) in [6, 6.07) is 6.36. The summed E-state index contributed by atoms with van der Waals surface area (Å²) in [6.07, 6.45) is 4.58. The minimum absolute atomic E-state index is 0.0259. The maximum Gasteiger partial charge on any atom is 0.345 e. The summed E-state index contributed by atoms with van der Waals surface area (Å²) in [5.41, 5.74) is 0.545. The first-order chi connectivity index (χ1) is 13.4. The molecule has 0 radical (unpaired) electrons. The number of ether oxygens (including phenoxy) is 1. The number of hydrogen-bond acceptors (Lipinski definition) is 5. The molecule has 0 saturated heterocycles. The largest absolute Gasteiger partial charge is 0.477 e. The van der Waals surface area contributed by atoms with Gasteiger partial charge in [0, 0.05) is 35.1 Å². The van der Waals surface area contributed by atoms with E-state index in [4.69, 9.17) is 4.74 Å². The summed E-state index contributed by atoms with van der Waals surface area (Å²) in [5, 5.41) is 12.6. The molecule has 0 saturated carbocycles. The van der Waals surface area contributed by atoms with E-state index in [2.05, 4.69) is 15.3 Å². The molecule has 3 aromatic rings. The SMILES string of the molecule is O=C(O)C1=C(Nc2ccc(F)c(F)c2)O/C(=C\c2c[nH]c3ncccc23)C1=O. The Kier molecular flexibility index (Phi) is 4.11. The van der Waals surface area contributed by atoms with Gasteiger partial charge in [-0.05, 0) is 30.3 Å². The van der Waals surface area contributed by atoms with Crippen LogP contribution in [0.3, 0.4) is 0 Å². The van der Waals surface area contributed by atoms with Crippen LogP contribution in [0.5, 0.6) is 0 Å². The first kappa shape index (κ1) is 17.4. The van der Waals surface area contributed by atoms with Crippen LogP contribution in [0, 0.1) is 11.6 Å². The van der Waals surface area contributed by atoms with E-state index in [0.717, 1.165) is 12.1 Å². The highest BCUT2D eigenvalue weighted by atomic mass is 19.2. The van der Waals surface area contributed by atoms with Gasteiger partial charge < -0.3 is 20.1 Å². The number of ketones is 1. The van der Waals surface area contributed by atoms with Gasteiger partial charge in [-0.25, -0.2) is 18.6 Å². The Labute approximate surface area is 156 Å². The number of fused-ring (bicyclic) bond motifs is 1. The van der Waals surface area contributed by atoms with E-state index in [9.17, 15) is 23.5 Å². The van der Waals surface area contributed by atoms with Gasteiger partial charge in [0.15, 0.2) is 23.0 Å². The van der Waals surface area contributed by atoms with Crippen molar-refractivity contribution in [1.29, 1.82) is 0 Å². The Bertz CT molecular complexity index is 1200. The molecule has 0 aliphatic carbocycles. The number of rotatable bonds is 4. The molecule has 0 spiro atoms. The number of aromatic nitrogens is 2. The average molecular weight is 383 g/mol. The fourth-order valence-electron chi connectivity index (χ4n) is 2.75. The number of carbonyl (C=O) groups excluding carboxylic acids is 1. The molecule has 9 heteroatoms. The van der Waals surface area contributed by atoms with Crippen LogP contribution in [0.2, 0.25) is 0 Å². The van der Waals surface area contributed by atoms with Crippen LogP contribution in [0.1, 0.15) is 5.56 Å². The van der Waals surface area contributed by atoms with Crippen LogP contribution in [0.25, 0.3) is 17.1 Å². The molecule has 28 heavy (non-hydrogen) atoms. The van der Waals surface area contributed by atoms with Crippen molar-refractivity contribution in [2.45, 2.75) is 0 Å². The Hall–Kier alpha value is -4.01. The molecule has 140 valence electrons. The van der Waals surface area contributed by atoms with Crippen molar-refractivity contribution in [2.24, 2.45) is 0 Å². The molecule has 0 fully saturated rings. The molecule has 1 aromatic carbocycles. The third-order valence-corrected chi connectivity index (χ3v) is 4.05. The number of halogens is 2. The predicted octanol–water partition coefficient (Wildman–Crippen LogP) is 3.19. The molecule has 4 rings (SSSR count). The van der Waals surface area contributed by atoms with Gasteiger partial charge in [0.05, 0.1) is 0 Å². The lowest BCUT2D eigenvalue weighted by molar-refractivity contribution is -0.134. The quantitative estimate of drug-likeness (QED) is 0.472. The Morgan fingerprint density at radius 1 is 1.25 bits per heavy atom. The van der Waals surface area contributed by atoms with Crippen LogP contribution in [-0.4, -0.2) is 26.8 Å². The summed E-state index contributed by atoms with van der Waals surface area (Å²) in [6.45, 7) is 0. The highest BCUT2D eigenvalue weighted by molar-refractivity contribution is 6.26. The van der Waals surface area contributed by atoms with Crippen molar-refractivity contribution in [3.63, 3.8) is 0 Å². The fourth-order valence-corrected chi connectivity index (χ4v) is 2.75. The third kappa shape index (κ3) is 2.98. The lowest BCUT2D eigenvalue weighted by Gasteiger charge is -2.08. The van der Waals surface area contributed by atoms with Gasteiger partial charge in [-0.15, -0.1) is 0 Å². The van der Waals surface area contributed by atoms with E-state index < -0.39 is 29.0 Å². The lowest BCUT2D eigenvalue weighted by Crippen LogP contribution is -2.12. The van der Waals surface area contributed by atoms with Crippen LogP contribution < -0.4 is 5.32 Å². The monoisotopic (exact) mass is 383 g/mol. The van der Waals surface area contributed by atoms with Crippen LogP contribution in [0.15, 0.2) is 59.9 Å². The molecule has 0 unspecified atom stereocenters. The maximum atomic E-state index is 13.4. The number of carbonyl (C=O) groups is 2. The van der Waals surface area contributed by atoms with Crippen molar-refractivity contribution in [1.82, 2.24) is 9.97 Å². The first-order valence-electron chi connectivity index (χ1n) is 8.00. The van der Waals surface area contributed by atoms with Gasteiger partial charge >= 0.3 is 5.97 Å². The number of aliphatic carboxylic acids is 1. The van der Waals surface area contributed by atoms with Gasteiger partial charge in [0.1, 0.15) is 5.65 Å². The van der Waals surface area contributed by atoms with E-state index in [1.54, 1.807) is 24.5 Å². The number of allylic oxidation sites excluding steroid dienone is 1. The number of carboxylic acid groups (broad SMARTS) is 1. The van der Waals surface area contributed by atoms with E-state index in [1.807, 2.05) is 0 Å². The molecule has 2 aromatic heterocycles. The summed E-state index contributed by atoms with van der Waals surface area (Å²) in [4.78, 5) is 31.1. The molecule has 0 atom stereocenters. The smallest absolute Gasteiger partial charge is 0.345 e. The molecule has 0 amide bonds. The minimum Gasteiger partial charge on any atom is -0.477 e. The van der Waals surface area contributed by atoms with Crippen molar-refractivity contribution >= 4 is 34.5 Å². The number of hydrogen-bond donors (Lipinski definition) is 3. The molecule has 1 aliphatic rings. The zero-order valence-electron chi connectivity index (χ0n) is 14.0. The topological polar surface area (TPSA) is 104 Å². The second kappa shape index (κ2) is 6.62. The van der Waals surface area contributed by atoms with Crippen LogP contribution in [-0.2, 0) is 14.3 Å². The van der Waals surface area contributed by atoms with Gasteiger partial charge in [-0.1, -0.05) is 0 Å².